The smallest absolute Gasteiger partial charge is 0.172 e. The zero-order valence-corrected chi connectivity index (χ0v) is 15.5. The Bertz CT molecular complexity index is 832. The third kappa shape index (κ3) is 3.62. The van der Waals surface area contributed by atoms with Gasteiger partial charge in [0, 0.05) is 28.6 Å². The van der Waals surface area contributed by atoms with Crippen molar-refractivity contribution in [1.82, 2.24) is 14.6 Å². The number of hydrogen-bond acceptors (Lipinski definition) is 3. The van der Waals surface area contributed by atoms with Gasteiger partial charge in [0.1, 0.15) is 5.82 Å². The Morgan fingerprint density at radius 3 is 2.87 bits per heavy atom. The Labute approximate surface area is 152 Å². The summed E-state index contributed by atoms with van der Waals surface area (Å²) >= 11 is 15.8. The van der Waals surface area contributed by atoms with Gasteiger partial charge in [0.15, 0.2) is 5.65 Å². The highest BCUT2D eigenvalue weighted by Gasteiger charge is 2.13. The fraction of sp³-hybridized carbons (Fsp3) is 0.250. The number of aromatic nitrogens is 3. The van der Waals surface area contributed by atoms with E-state index in [2.05, 4.69) is 31.3 Å². The molecule has 1 aromatic carbocycles. The molecular formula is C16H15BrCl2N4. The second-order valence-corrected chi connectivity index (χ2v) is 7.24. The van der Waals surface area contributed by atoms with E-state index >= 15 is 0 Å². The van der Waals surface area contributed by atoms with Crippen molar-refractivity contribution in [3.63, 3.8) is 0 Å². The van der Waals surface area contributed by atoms with Crippen LogP contribution in [0, 0.1) is 0 Å². The van der Waals surface area contributed by atoms with Crippen LogP contribution in [-0.2, 0) is 0 Å². The van der Waals surface area contributed by atoms with Crippen molar-refractivity contribution >= 4 is 50.6 Å². The maximum Gasteiger partial charge on any atom is 0.172 e. The molecule has 1 atom stereocenters. The number of rotatable bonds is 5. The van der Waals surface area contributed by atoms with Gasteiger partial charge in [-0.3, -0.25) is 0 Å². The molecule has 23 heavy (non-hydrogen) atoms. The summed E-state index contributed by atoms with van der Waals surface area (Å²) < 4.78 is 2.60. The molecule has 3 rings (SSSR count). The van der Waals surface area contributed by atoms with Crippen molar-refractivity contribution in [3.8, 4) is 11.3 Å². The lowest BCUT2D eigenvalue weighted by molar-refractivity contribution is 0.827. The van der Waals surface area contributed by atoms with E-state index in [1.807, 2.05) is 37.3 Å². The van der Waals surface area contributed by atoms with E-state index in [9.17, 15) is 0 Å². The highest BCUT2D eigenvalue weighted by molar-refractivity contribution is 9.10. The van der Waals surface area contributed by atoms with Crippen LogP contribution in [0.1, 0.15) is 13.3 Å². The molecule has 2 aromatic heterocycles. The number of anilines is 1. The van der Waals surface area contributed by atoms with Crippen molar-refractivity contribution in [2.75, 3.05) is 11.9 Å². The Morgan fingerprint density at radius 2 is 2.13 bits per heavy atom. The number of alkyl halides is 1. The van der Waals surface area contributed by atoms with Crippen LogP contribution >= 0.6 is 39.1 Å². The summed E-state index contributed by atoms with van der Waals surface area (Å²) in [5.41, 5.74) is 2.42. The minimum Gasteiger partial charge on any atom is -0.370 e. The van der Waals surface area contributed by atoms with Crippen molar-refractivity contribution in [2.45, 2.75) is 18.7 Å². The number of benzene rings is 1. The molecule has 0 saturated carbocycles. The molecule has 0 amide bonds. The molecule has 4 nitrogen and oxygen atoms in total. The van der Waals surface area contributed by atoms with Gasteiger partial charge in [-0.1, -0.05) is 29.8 Å². The fourth-order valence-electron chi connectivity index (χ4n) is 2.27. The minimum atomic E-state index is 0.118. The summed E-state index contributed by atoms with van der Waals surface area (Å²) in [5, 5.41) is 8.51. The summed E-state index contributed by atoms with van der Waals surface area (Å²) in [4.78, 5) is 4.67. The third-order valence-electron chi connectivity index (χ3n) is 3.43. The zero-order chi connectivity index (χ0) is 16.4. The molecule has 1 N–H and O–H groups in total. The SMILES string of the molecule is CC(Cl)CCNc1cc(-c2ccccc2Cl)nc2c(Br)cnn12. The van der Waals surface area contributed by atoms with Gasteiger partial charge < -0.3 is 5.32 Å². The van der Waals surface area contributed by atoms with E-state index in [0.717, 1.165) is 40.2 Å². The van der Waals surface area contributed by atoms with Gasteiger partial charge in [-0.25, -0.2) is 4.98 Å². The van der Waals surface area contributed by atoms with Crippen LogP contribution in [0.25, 0.3) is 16.9 Å². The van der Waals surface area contributed by atoms with E-state index in [-0.39, 0.29) is 5.38 Å². The van der Waals surface area contributed by atoms with Crippen LogP contribution in [0.2, 0.25) is 5.02 Å². The molecule has 1 unspecified atom stereocenters. The summed E-state index contributed by atoms with van der Waals surface area (Å²) in [6.45, 7) is 2.73. The number of nitrogens with one attached hydrogen (secondary N) is 1. The lowest BCUT2D eigenvalue weighted by Gasteiger charge is -2.12. The zero-order valence-electron chi connectivity index (χ0n) is 12.4. The molecule has 0 aliphatic carbocycles. The van der Waals surface area contributed by atoms with Crippen molar-refractivity contribution in [3.05, 3.63) is 46.0 Å². The molecular weight excluding hydrogens is 399 g/mol. The van der Waals surface area contributed by atoms with E-state index in [4.69, 9.17) is 23.2 Å². The molecule has 2 heterocycles. The van der Waals surface area contributed by atoms with Gasteiger partial charge in [-0.2, -0.15) is 9.61 Å². The van der Waals surface area contributed by atoms with Crippen LogP contribution < -0.4 is 5.32 Å². The van der Waals surface area contributed by atoms with Crippen LogP contribution in [0.3, 0.4) is 0 Å². The molecule has 0 aliphatic heterocycles. The predicted molar refractivity (Wildman–Crippen MR) is 99.6 cm³/mol. The first-order valence-corrected chi connectivity index (χ1v) is 8.84. The van der Waals surface area contributed by atoms with Crippen LogP contribution in [0.4, 0.5) is 5.82 Å². The Hall–Kier alpha value is -1.30. The van der Waals surface area contributed by atoms with Crippen LogP contribution in [-0.4, -0.2) is 26.5 Å². The second-order valence-electron chi connectivity index (χ2n) is 5.23. The molecule has 3 aromatic rings. The molecule has 7 heteroatoms. The maximum atomic E-state index is 6.31. The van der Waals surface area contributed by atoms with Gasteiger partial charge >= 0.3 is 0 Å². The molecule has 0 aliphatic rings. The summed E-state index contributed by atoms with van der Waals surface area (Å²) in [7, 11) is 0. The van der Waals surface area contributed by atoms with Gasteiger partial charge in [-0.05, 0) is 35.3 Å². The van der Waals surface area contributed by atoms with E-state index in [0.29, 0.717) is 5.02 Å². The summed E-state index contributed by atoms with van der Waals surface area (Å²) in [5.74, 6) is 0.855. The van der Waals surface area contributed by atoms with Crippen molar-refractivity contribution in [2.24, 2.45) is 0 Å². The van der Waals surface area contributed by atoms with Gasteiger partial charge in [0.05, 0.1) is 16.4 Å². The first-order valence-electron chi connectivity index (χ1n) is 7.23. The third-order valence-corrected chi connectivity index (χ3v) is 4.53. The monoisotopic (exact) mass is 412 g/mol. The molecule has 0 fully saturated rings. The van der Waals surface area contributed by atoms with Gasteiger partial charge in [0.2, 0.25) is 0 Å². The Balaban J connectivity index is 2.06. The van der Waals surface area contributed by atoms with Gasteiger partial charge in [0.25, 0.3) is 0 Å². The van der Waals surface area contributed by atoms with E-state index in [1.165, 1.54) is 0 Å². The molecule has 0 spiro atoms. The Morgan fingerprint density at radius 1 is 1.35 bits per heavy atom. The second kappa shape index (κ2) is 7.07. The number of halogens is 3. The average Bonchev–Trinajstić information content (AvgIpc) is 2.89. The first kappa shape index (κ1) is 16.6. The Kier molecular flexibility index (Phi) is 5.09. The van der Waals surface area contributed by atoms with E-state index in [1.54, 1.807) is 10.7 Å². The van der Waals surface area contributed by atoms with Gasteiger partial charge in [-0.15, -0.1) is 11.6 Å². The molecule has 120 valence electrons. The normalized spacial score (nSPS) is 12.5. The topological polar surface area (TPSA) is 42.2 Å². The first-order chi connectivity index (χ1) is 11.1. The van der Waals surface area contributed by atoms with Crippen molar-refractivity contribution < 1.29 is 0 Å². The number of fused-ring (bicyclic) bond motifs is 1. The highest BCUT2D eigenvalue weighted by atomic mass is 79.9. The number of hydrogen-bond donors (Lipinski definition) is 1. The fourth-order valence-corrected chi connectivity index (χ4v) is 2.96. The quantitative estimate of drug-likeness (QED) is 0.581. The summed E-state index contributed by atoms with van der Waals surface area (Å²) in [6.07, 6.45) is 2.59. The molecule has 0 saturated heterocycles. The predicted octanol–water partition coefficient (Wildman–Crippen LogP) is 5.24. The highest BCUT2D eigenvalue weighted by Crippen LogP contribution is 2.30. The van der Waals surface area contributed by atoms with Crippen LogP contribution in [0.5, 0.6) is 0 Å². The standard InChI is InChI=1S/C16H15BrCl2N4/c1-10(18)6-7-20-15-8-14(11-4-2-3-5-13(11)19)22-16-12(17)9-21-23(15)16/h2-5,8-10,20H,6-7H2,1H3. The molecule has 0 bridgehead atoms. The average molecular weight is 414 g/mol. The lowest BCUT2D eigenvalue weighted by Crippen LogP contribution is -2.10. The van der Waals surface area contributed by atoms with Crippen molar-refractivity contribution in [1.29, 1.82) is 0 Å². The largest absolute Gasteiger partial charge is 0.370 e. The number of nitrogens with zero attached hydrogens (tertiary/aromatic N) is 3. The van der Waals surface area contributed by atoms with Crippen LogP contribution in [0.15, 0.2) is 41.0 Å². The maximum absolute atomic E-state index is 6.31. The summed E-state index contributed by atoms with van der Waals surface area (Å²) in [6, 6.07) is 9.61. The molecule has 0 radical (unpaired) electrons. The lowest BCUT2D eigenvalue weighted by atomic mass is 10.1. The van der Waals surface area contributed by atoms with E-state index < -0.39 is 0 Å². The minimum absolute atomic E-state index is 0.118.